The van der Waals surface area contributed by atoms with Crippen LogP contribution in [0.2, 0.25) is 5.02 Å². The Labute approximate surface area is 197 Å². The number of aryl methyl sites for hydroxylation is 1. The molecule has 1 aliphatic heterocycles. The van der Waals surface area contributed by atoms with Gasteiger partial charge in [0.25, 0.3) is 11.8 Å². The minimum atomic E-state index is -0.840. The zero-order valence-corrected chi connectivity index (χ0v) is 19.6. The van der Waals surface area contributed by atoms with Gasteiger partial charge in [-0.1, -0.05) is 30.3 Å². The van der Waals surface area contributed by atoms with Gasteiger partial charge in [0.2, 0.25) is 0 Å². The number of nitrogens with one attached hydrogen (secondary N) is 1. The van der Waals surface area contributed by atoms with E-state index in [0.717, 1.165) is 10.5 Å². The Hall–Kier alpha value is -2.85. The second-order valence-electron chi connectivity index (χ2n) is 6.53. The molecule has 0 radical (unpaired) electrons. The summed E-state index contributed by atoms with van der Waals surface area (Å²) in [6.45, 7) is 5.72. The predicted molar refractivity (Wildman–Crippen MR) is 127 cm³/mol. The highest BCUT2D eigenvalue weighted by Gasteiger charge is 2.37. The molecule has 0 aromatic heterocycles. The Balaban J connectivity index is 2.02. The topological polar surface area (TPSA) is 84.9 Å². The number of amides is 4. The Morgan fingerprint density at radius 3 is 2.61 bits per heavy atom. The molecule has 2 aromatic rings. The summed E-state index contributed by atoms with van der Waals surface area (Å²) in [5.41, 5.74) is 1.38. The highest BCUT2D eigenvalue weighted by molar-refractivity contribution is 14.1. The van der Waals surface area contributed by atoms with Gasteiger partial charge in [0.05, 0.1) is 16.4 Å². The van der Waals surface area contributed by atoms with Crippen LogP contribution in [-0.4, -0.2) is 31.6 Å². The Morgan fingerprint density at radius 1 is 1.23 bits per heavy atom. The first kappa shape index (κ1) is 22.8. The molecule has 7 nitrogen and oxygen atoms in total. The maximum Gasteiger partial charge on any atom is 0.335 e. The zero-order chi connectivity index (χ0) is 22.7. The number of ether oxygens (including phenoxy) is 2. The first-order valence-electron chi connectivity index (χ1n) is 9.05. The lowest BCUT2D eigenvalue weighted by Gasteiger charge is -2.26. The van der Waals surface area contributed by atoms with Crippen LogP contribution >= 0.6 is 34.2 Å². The number of hydrogen-bond acceptors (Lipinski definition) is 5. The van der Waals surface area contributed by atoms with Crippen molar-refractivity contribution in [3.05, 3.63) is 68.3 Å². The van der Waals surface area contributed by atoms with Gasteiger partial charge in [-0.25, -0.2) is 9.69 Å². The third kappa shape index (κ3) is 4.75. The summed E-state index contributed by atoms with van der Waals surface area (Å²) in [7, 11) is 1.49. The van der Waals surface area contributed by atoms with Crippen molar-refractivity contribution in [3.8, 4) is 11.5 Å². The lowest BCUT2D eigenvalue weighted by Crippen LogP contribution is -2.54. The van der Waals surface area contributed by atoms with E-state index in [0.29, 0.717) is 32.3 Å². The van der Waals surface area contributed by atoms with Gasteiger partial charge in [-0.3, -0.25) is 14.9 Å². The van der Waals surface area contributed by atoms with Crippen molar-refractivity contribution < 1.29 is 23.9 Å². The van der Waals surface area contributed by atoms with Crippen molar-refractivity contribution in [1.82, 2.24) is 5.32 Å². The lowest BCUT2D eigenvalue weighted by atomic mass is 10.1. The third-order valence-corrected chi connectivity index (χ3v) is 5.63. The zero-order valence-electron chi connectivity index (χ0n) is 16.7. The first-order valence-corrected chi connectivity index (χ1v) is 10.5. The summed E-state index contributed by atoms with van der Waals surface area (Å²) in [5, 5.41) is 2.59. The average molecular weight is 553 g/mol. The number of benzene rings is 2. The van der Waals surface area contributed by atoms with Gasteiger partial charge in [-0.05, 0) is 71.0 Å². The van der Waals surface area contributed by atoms with Gasteiger partial charge in [-0.15, -0.1) is 0 Å². The van der Waals surface area contributed by atoms with Crippen LogP contribution in [0.1, 0.15) is 11.1 Å². The van der Waals surface area contributed by atoms with Crippen molar-refractivity contribution >= 4 is 63.8 Å². The van der Waals surface area contributed by atoms with E-state index in [1.165, 1.54) is 19.3 Å². The lowest BCUT2D eigenvalue weighted by molar-refractivity contribution is -0.122. The van der Waals surface area contributed by atoms with Gasteiger partial charge >= 0.3 is 6.03 Å². The molecule has 1 fully saturated rings. The number of hydrogen-bond donors (Lipinski definition) is 1. The molecular weight excluding hydrogens is 535 g/mol. The number of imide groups is 2. The number of halogens is 2. The molecule has 9 heteroatoms. The number of methoxy groups -OCH3 is 1. The maximum absolute atomic E-state index is 13.1. The minimum Gasteiger partial charge on any atom is -0.493 e. The van der Waals surface area contributed by atoms with Crippen LogP contribution < -0.4 is 19.7 Å². The summed E-state index contributed by atoms with van der Waals surface area (Å²) in [6.07, 6.45) is 3.01. The van der Waals surface area contributed by atoms with Crippen LogP contribution in [0.25, 0.3) is 6.08 Å². The molecule has 2 aromatic carbocycles. The van der Waals surface area contributed by atoms with Crippen LogP contribution in [0.3, 0.4) is 0 Å². The molecule has 3 rings (SSSR count). The van der Waals surface area contributed by atoms with E-state index in [9.17, 15) is 14.4 Å². The number of nitrogens with zero attached hydrogens (tertiary/aromatic N) is 1. The van der Waals surface area contributed by atoms with Crippen LogP contribution in [0, 0.1) is 10.5 Å². The highest BCUT2D eigenvalue weighted by atomic mass is 127. The summed E-state index contributed by atoms with van der Waals surface area (Å²) >= 11 is 8.21. The maximum atomic E-state index is 13.1. The molecule has 0 atom stereocenters. The predicted octanol–water partition coefficient (Wildman–Crippen LogP) is 4.49. The number of barbiturate groups is 1. The second kappa shape index (κ2) is 9.52. The summed E-state index contributed by atoms with van der Waals surface area (Å²) in [5.74, 6) is -0.585. The van der Waals surface area contributed by atoms with Crippen molar-refractivity contribution in [1.29, 1.82) is 0 Å². The van der Waals surface area contributed by atoms with Crippen molar-refractivity contribution in [2.75, 3.05) is 18.6 Å². The van der Waals surface area contributed by atoms with Crippen LogP contribution in [0.5, 0.6) is 11.5 Å². The third-order valence-electron chi connectivity index (χ3n) is 4.42. The van der Waals surface area contributed by atoms with Gasteiger partial charge in [0.1, 0.15) is 12.2 Å². The first-order chi connectivity index (χ1) is 14.8. The molecule has 0 saturated carbocycles. The second-order valence-corrected chi connectivity index (χ2v) is 8.09. The molecule has 4 amide bonds. The van der Waals surface area contributed by atoms with E-state index in [1.807, 2.05) is 0 Å². The Bertz CT molecular complexity index is 1130. The van der Waals surface area contributed by atoms with E-state index < -0.39 is 17.8 Å². The van der Waals surface area contributed by atoms with E-state index >= 15 is 0 Å². The molecule has 1 N–H and O–H groups in total. The standard InChI is InChI=1S/C22H18ClIN2O5/c1-4-7-31-19-17(24)9-13(10-18(19)30-3)8-15-20(27)25-22(29)26(21(15)28)14-6-5-12(2)16(23)11-14/h4-6,8-11H,1,7H2,2-3H3,(H,25,27,29)/b15-8+. The number of carbonyl (C=O) groups is 3. The minimum absolute atomic E-state index is 0.200. The SMILES string of the molecule is C=CCOc1c(I)cc(/C=C2\C(=O)NC(=O)N(c3ccc(C)c(Cl)c3)C2=O)cc1OC. The van der Waals surface area contributed by atoms with Crippen LogP contribution in [-0.2, 0) is 9.59 Å². The molecule has 1 aliphatic rings. The summed E-state index contributed by atoms with van der Waals surface area (Å²) in [6, 6.07) is 7.31. The highest BCUT2D eigenvalue weighted by Crippen LogP contribution is 2.35. The summed E-state index contributed by atoms with van der Waals surface area (Å²) in [4.78, 5) is 38.7. The molecule has 1 heterocycles. The monoisotopic (exact) mass is 552 g/mol. The Morgan fingerprint density at radius 2 is 1.97 bits per heavy atom. The normalized spacial score (nSPS) is 15.2. The fourth-order valence-corrected chi connectivity index (χ4v) is 3.84. The smallest absolute Gasteiger partial charge is 0.335 e. The molecule has 0 bridgehead atoms. The largest absolute Gasteiger partial charge is 0.493 e. The quantitative estimate of drug-likeness (QED) is 0.247. The van der Waals surface area contributed by atoms with E-state index in [-0.39, 0.29) is 11.3 Å². The van der Waals surface area contributed by atoms with E-state index in [1.54, 1.807) is 37.3 Å². The van der Waals surface area contributed by atoms with Crippen molar-refractivity contribution in [2.24, 2.45) is 0 Å². The average Bonchev–Trinajstić information content (AvgIpc) is 2.72. The van der Waals surface area contributed by atoms with Gasteiger partial charge in [0.15, 0.2) is 11.5 Å². The Kier molecular flexibility index (Phi) is 7.01. The van der Waals surface area contributed by atoms with Gasteiger partial charge in [0, 0.05) is 5.02 Å². The molecular formula is C22H18ClIN2O5. The van der Waals surface area contributed by atoms with Crippen molar-refractivity contribution in [3.63, 3.8) is 0 Å². The van der Waals surface area contributed by atoms with E-state index in [4.69, 9.17) is 21.1 Å². The van der Waals surface area contributed by atoms with Crippen molar-refractivity contribution in [2.45, 2.75) is 6.92 Å². The molecule has 31 heavy (non-hydrogen) atoms. The molecule has 0 spiro atoms. The molecule has 0 unspecified atom stereocenters. The van der Waals surface area contributed by atoms with Crippen LogP contribution in [0.15, 0.2) is 48.6 Å². The van der Waals surface area contributed by atoms with Crippen LogP contribution in [0.4, 0.5) is 10.5 Å². The summed E-state index contributed by atoms with van der Waals surface area (Å²) < 4.78 is 11.7. The number of urea groups is 1. The molecule has 0 aliphatic carbocycles. The number of carbonyl (C=O) groups excluding carboxylic acids is 3. The van der Waals surface area contributed by atoms with Gasteiger partial charge < -0.3 is 9.47 Å². The molecule has 1 saturated heterocycles. The van der Waals surface area contributed by atoms with E-state index in [2.05, 4.69) is 34.5 Å². The fraction of sp³-hybridized carbons (Fsp3) is 0.136. The number of anilines is 1. The number of rotatable bonds is 6. The fourth-order valence-electron chi connectivity index (χ4n) is 2.88. The molecule has 160 valence electrons. The van der Waals surface area contributed by atoms with Gasteiger partial charge in [-0.2, -0.15) is 0 Å².